The van der Waals surface area contributed by atoms with Gasteiger partial charge >= 0.3 is 0 Å². The van der Waals surface area contributed by atoms with Crippen molar-refractivity contribution in [2.24, 2.45) is 0 Å². The third kappa shape index (κ3) is 3.11. The van der Waals surface area contributed by atoms with E-state index in [1.807, 2.05) is 78.9 Å². The Bertz CT molecular complexity index is 1100. The fourth-order valence-corrected chi connectivity index (χ4v) is 4.62. The average Bonchev–Trinajstić information content (AvgIpc) is 3.04. The van der Waals surface area contributed by atoms with Crippen LogP contribution in [0.15, 0.2) is 121 Å². The highest BCUT2D eigenvalue weighted by atomic mass is 16.1. The van der Waals surface area contributed by atoms with E-state index in [4.69, 9.17) is 0 Å². The van der Waals surface area contributed by atoms with Gasteiger partial charge in [-0.05, 0) is 28.8 Å². The van der Waals surface area contributed by atoms with Crippen molar-refractivity contribution in [3.63, 3.8) is 0 Å². The summed E-state index contributed by atoms with van der Waals surface area (Å²) in [5.41, 5.74) is 4.41. The van der Waals surface area contributed by atoms with Crippen LogP contribution in [0.3, 0.4) is 0 Å². The summed E-state index contributed by atoms with van der Waals surface area (Å²) in [4.78, 5) is 16.4. The van der Waals surface area contributed by atoms with Gasteiger partial charge in [0, 0.05) is 19.0 Å². The Labute approximate surface area is 177 Å². The van der Waals surface area contributed by atoms with Gasteiger partial charge < -0.3 is 4.90 Å². The number of rotatable bonds is 5. The fraction of sp³-hybridized carbons (Fsp3) is 0.107. The molecular weight excluding hydrogens is 366 g/mol. The van der Waals surface area contributed by atoms with Crippen molar-refractivity contribution < 1.29 is 4.79 Å². The lowest BCUT2D eigenvalue weighted by molar-refractivity contribution is -0.121. The number of carbonyl (C=O) groups excluding carboxylic acids is 1. The standard InChI is InChI=1S/C28H23NO/c30-27-26(24-16-8-3-9-17-24)25-18-10-11-19-29(25)28(27,20-22-12-4-1-5-13-22)21-23-14-6-2-7-15-23/h1-19H,20-21H2. The van der Waals surface area contributed by atoms with E-state index in [1.54, 1.807) is 0 Å². The number of fused-ring (bicyclic) bond motifs is 1. The molecule has 3 aromatic rings. The first-order chi connectivity index (χ1) is 14.8. The molecule has 3 aromatic carbocycles. The lowest BCUT2D eigenvalue weighted by atomic mass is 9.79. The van der Waals surface area contributed by atoms with Gasteiger partial charge in [-0.1, -0.05) is 97.1 Å². The van der Waals surface area contributed by atoms with Crippen LogP contribution < -0.4 is 0 Å². The molecule has 0 saturated carbocycles. The molecule has 0 bridgehead atoms. The molecule has 146 valence electrons. The summed E-state index contributed by atoms with van der Waals surface area (Å²) < 4.78 is 0. The molecule has 2 aliphatic rings. The molecule has 30 heavy (non-hydrogen) atoms. The Balaban J connectivity index is 1.67. The van der Waals surface area contributed by atoms with E-state index in [1.165, 1.54) is 11.1 Å². The van der Waals surface area contributed by atoms with Gasteiger partial charge in [-0.2, -0.15) is 0 Å². The second-order valence-electron chi connectivity index (χ2n) is 7.88. The van der Waals surface area contributed by atoms with E-state index < -0.39 is 5.54 Å². The van der Waals surface area contributed by atoms with Gasteiger partial charge in [0.05, 0.1) is 11.3 Å². The van der Waals surface area contributed by atoms with Gasteiger partial charge in [-0.15, -0.1) is 0 Å². The molecular formula is C28H23NO. The Kier molecular flexibility index (Phi) is 4.68. The van der Waals surface area contributed by atoms with Gasteiger partial charge in [0.15, 0.2) is 5.78 Å². The third-order valence-electron chi connectivity index (χ3n) is 5.97. The van der Waals surface area contributed by atoms with Crippen LogP contribution in [0.2, 0.25) is 0 Å². The normalized spacial score (nSPS) is 16.8. The molecule has 2 aliphatic heterocycles. The van der Waals surface area contributed by atoms with E-state index in [-0.39, 0.29) is 5.78 Å². The second kappa shape index (κ2) is 7.64. The van der Waals surface area contributed by atoms with Gasteiger partial charge in [0.25, 0.3) is 0 Å². The Hall–Kier alpha value is -3.65. The summed E-state index contributed by atoms with van der Waals surface area (Å²) in [5, 5.41) is 0. The first-order valence-electron chi connectivity index (χ1n) is 10.3. The van der Waals surface area contributed by atoms with Gasteiger partial charge in [0.2, 0.25) is 0 Å². The minimum absolute atomic E-state index is 0.188. The molecule has 0 unspecified atom stereocenters. The number of carbonyl (C=O) groups is 1. The van der Waals surface area contributed by atoms with Crippen molar-refractivity contribution in [1.29, 1.82) is 0 Å². The Morgan fingerprint density at radius 3 is 1.77 bits per heavy atom. The second-order valence-corrected chi connectivity index (χ2v) is 7.88. The number of allylic oxidation sites excluding steroid dienone is 3. The maximum Gasteiger partial charge on any atom is 0.192 e. The maximum atomic E-state index is 14.2. The van der Waals surface area contributed by atoms with Gasteiger partial charge in [-0.25, -0.2) is 0 Å². The summed E-state index contributed by atoms with van der Waals surface area (Å²) in [6, 6.07) is 30.7. The molecule has 0 radical (unpaired) electrons. The first kappa shape index (κ1) is 18.4. The summed E-state index contributed by atoms with van der Waals surface area (Å²) in [5.74, 6) is 0.188. The van der Waals surface area contributed by atoms with E-state index in [0.29, 0.717) is 12.8 Å². The van der Waals surface area contributed by atoms with Crippen molar-refractivity contribution >= 4 is 11.4 Å². The fourth-order valence-electron chi connectivity index (χ4n) is 4.62. The number of hydrogen-bond donors (Lipinski definition) is 0. The highest BCUT2D eigenvalue weighted by Crippen LogP contribution is 2.45. The zero-order valence-electron chi connectivity index (χ0n) is 16.7. The average molecular weight is 389 g/mol. The molecule has 0 saturated heterocycles. The van der Waals surface area contributed by atoms with Crippen LogP contribution in [0, 0.1) is 0 Å². The van der Waals surface area contributed by atoms with Crippen LogP contribution in [0.25, 0.3) is 5.57 Å². The summed E-state index contributed by atoms with van der Waals surface area (Å²) >= 11 is 0. The minimum Gasteiger partial charge on any atom is -0.333 e. The predicted octanol–water partition coefficient (Wildman–Crippen LogP) is 5.59. The Morgan fingerprint density at radius 1 is 0.667 bits per heavy atom. The molecule has 2 heteroatoms. The number of ketones is 1. The van der Waals surface area contributed by atoms with E-state index >= 15 is 0 Å². The SMILES string of the molecule is O=C1C(c2ccccc2)=C2C=CC=CN2C1(Cc1ccccc1)Cc1ccccc1. The van der Waals surface area contributed by atoms with E-state index in [0.717, 1.165) is 16.8 Å². The molecule has 0 amide bonds. The van der Waals surface area contributed by atoms with Crippen molar-refractivity contribution in [2.45, 2.75) is 18.4 Å². The van der Waals surface area contributed by atoms with Gasteiger partial charge in [0.1, 0.15) is 5.54 Å². The zero-order valence-corrected chi connectivity index (χ0v) is 16.7. The summed E-state index contributed by atoms with van der Waals surface area (Å²) in [6.45, 7) is 0. The van der Waals surface area contributed by atoms with Crippen molar-refractivity contribution in [2.75, 3.05) is 0 Å². The van der Waals surface area contributed by atoms with E-state index in [9.17, 15) is 4.79 Å². The summed E-state index contributed by atoms with van der Waals surface area (Å²) in [6.07, 6.45) is 9.48. The zero-order chi connectivity index (χ0) is 20.4. The molecule has 0 atom stereocenters. The lowest BCUT2D eigenvalue weighted by Crippen LogP contribution is -2.51. The highest BCUT2D eigenvalue weighted by Gasteiger charge is 2.51. The molecule has 2 heterocycles. The molecule has 0 fully saturated rings. The maximum absolute atomic E-state index is 14.2. The molecule has 0 spiro atoms. The lowest BCUT2D eigenvalue weighted by Gasteiger charge is -2.39. The minimum atomic E-state index is -0.690. The molecule has 5 rings (SSSR count). The van der Waals surface area contributed by atoms with Crippen molar-refractivity contribution in [3.8, 4) is 0 Å². The van der Waals surface area contributed by atoms with Crippen LogP contribution in [0.5, 0.6) is 0 Å². The summed E-state index contributed by atoms with van der Waals surface area (Å²) in [7, 11) is 0. The smallest absolute Gasteiger partial charge is 0.192 e. The monoisotopic (exact) mass is 389 g/mol. The van der Waals surface area contributed by atoms with Crippen LogP contribution in [0.4, 0.5) is 0 Å². The third-order valence-corrected chi connectivity index (χ3v) is 5.97. The number of hydrogen-bond acceptors (Lipinski definition) is 2. The quantitative estimate of drug-likeness (QED) is 0.567. The number of nitrogens with zero attached hydrogens (tertiary/aromatic N) is 1. The van der Waals surface area contributed by atoms with Crippen LogP contribution in [-0.2, 0) is 17.6 Å². The molecule has 2 nitrogen and oxygen atoms in total. The number of Topliss-reactive ketones (excluding diaryl/α,β-unsaturated/α-hetero) is 1. The predicted molar refractivity (Wildman–Crippen MR) is 122 cm³/mol. The van der Waals surface area contributed by atoms with Crippen LogP contribution in [0.1, 0.15) is 16.7 Å². The topological polar surface area (TPSA) is 20.3 Å². The van der Waals surface area contributed by atoms with Crippen LogP contribution in [-0.4, -0.2) is 16.2 Å². The highest BCUT2D eigenvalue weighted by molar-refractivity contribution is 6.29. The van der Waals surface area contributed by atoms with E-state index in [2.05, 4.69) is 41.4 Å². The van der Waals surface area contributed by atoms with Gasteiger partial charge in [-0.3, -0.25) is 4.79 Å². The molecule has 0 N–H and O–H groups in total. The first-order valence-corrected chi connectivity index (χ1v) is 10.3. The number of benzene rings is 3. The van der Waals surface area contributed by atoms with Crippen molar-refractivity contribution in [3.05, 3.63) is 138 Å². The largest absolute Gasteiger partial charge is 0.333 e. The Morgan fingerprint density at radius 2 is 1.20 bits per heavy atom. The van der Waals surface area contributed by atoms with Crippen LogP contribution >= 0.6 is 0 Å². The molecule has 0 aliphatic carbocycles. The van der Waals surface area contributed by atoms with Crippen molar-refractivity contribution in [1.82, 2.24) is 4.90 Å². The molecule has 0 aromatic heterocycles.